The Morgan fingerprint density at radius 3 is 2.44 bits per heavy atom. The van der Waals surface area contributed by atoms with Crippen LogP contribution in [-0.4, -0.2) is 5.11 Å². The zero-order valence-corrected chi connectivity index (χ0v) is 10.3. The van der Waals surface area contributed by atoms with E-state index in [1.807, 2.05) is 6.92 Å². The van der Waals surface area contributed by atoms with E-state index >= 15 is 0 Å². The van der Waals surface area contributed by atoms with E-state index in [9.17, 15) is 5.11 Å². The zero-order valence-electron chi connectivity index (χ0n) is 9.57. The SMILES string of the molecule is CCCC(C#N)C(C)(O)c1ccc(Cl)cc1. The molecule has 0 fully saturated rings. The van der Waals surface area contributed by atoms with Gasteiger partial charge in [0.25, 0.3) is 0 Å². The highest BCUT2D eigenvalue weighted by Crippen LogP contribution is 2.32. The molecule has 1 aromatic carbocycles. The van der Waals surface area contributed by atoms with Gasteiger partial charge in [0.2, 0.25) is 0 Å². The lowest BCUT2D eigenvalue weighted by Crippen LogP contribution is -2.30. The molecule has 0 saturated heterocycles. The highest BCUT2D eigenvalue weighted by molar-refractivity contribution is 6.30. The van der Waals surface area contributed by atoms with Crippen molar-refractivity contribution in [2.45, 2.75) is 32.3 Å². The van der Waals surface area contributed by atoms with Gasteiger partial charge in [0, 0.05) is 5.02 Å². The molecule has 0 spiro atoms. The molecule has 1 rings (SSSR count). The molecule has 0 saturated carbocycles. The second kappa shape index (κ2) is 5.34. The molecular formula is C13H16ClNO. The van der Waals surface area contributed by atoms with Gasteiger partial charge < -0.3 is 5.11 Å². The molecule has 86 valence electrons. The molecular weight excluding hydrogens is 222 g/mol. The summed E-state index contributed by atoms with van der Waals surface area (Å²) in [6.07, 6.45) is 1.56. The summed E-state index contributed by atoms with van der Waals surface area (Å²) in [4.78, 5) is 0. The topological polar surface area (TPSA) is 44.0 Å². The maximum Gasteiger partial charge on any atom is 0.103 e. The van der Waals surface area contributed by atoms with Gasteiger partial charge in [-0.15, -0.1) is 0 Å². The van der Waals surface area contributed by atoms with E-state index in [1.165, 1.54) is 0 Å². The van der Waals surface area contributed by atoms with Gasteiger partial charge in [-0.2, -0.15) is 5.26 Å². The van der Waals surface area contributed by atoms with Crippen molar-refractivity contribution < 1.29 is 5.11 Å². The molecule has 1 N–H and O–H groups in total. The molecule has 2 nitrogen and oxygen atoms in total. The van der Waals surface area contributed by atoms with Gasteiger partial charge in [-0.3, -0.25) is 0 Å². The van der Waals surface area contributed by atoms with Crippen LogP contribution in [0.4, 0.5) is 0 Å². The van der Waals surface area contributed by atoms with Gasteiger partial charge in [-0.05, 0) is 31.0 Å². The van der Waals surface area contributed by atoms with Crippen LogP contribution in [0.15, 0.2) is 24.3 Å². The van der Waals surface area contributed by atoms with E-state index in [4.69, 9.17) is 16.9 Å². The summed E-state index contributed by atoms with van der Waals surface area (Å²) < 4.78 is 0. The molecule has 0 heterocycles. The van der Waals surface area contributed by atoms with Crippen molar-refractivity contribution in [2.24, 2.45) is 5.92 Å². The second-order valence-corrected chi connectivity index (χ2v) is 4.56. The van der Waals surface area contributed by atoms with Crippen molar-refractivity contribution in [3.8, 4) is 6.07 Å². The van der Waals surface area contributed by atoms with Gasteiger partial charge in [0.05, 0.1) is 12.0 Å². The second-order valence-electron chi connectivity index (χ2n) is 4.12. The third-order valence-corrected chi connectivity index (χ3v) is 3.09. The van der Waals surface area contributed by atoms with Crippen molar-refractivity contribution in [3.05, 3.63) is 34.9 Å². The van der Waals surface area contributed by atoms with Crippen molar-refractivity contribution in [1.82, 2.24) is 0 Å². The maximum absolute atomic E-state index is 10.4. The lowest BCUT2D eigenvalue weighted by atomic mass is 9.81. The number of nitriles is 1. The van der Waals surface area contributed by atoms with Crippen LogP contribution >= 0.6 is 11.6 Å². The van der Waals surface area contributed by atoms with Crippen LogP contribution in [0.1, 0.15) is 32.3 Å². The average Bonchev–Trinajstić information content (AvgIpc) is 2.26. The Bertz CT molecular complexity index is 378. The van der Waals surface area contributed by atoms with Crippen LogP contribution < -0.4 is 0 Å². The first-order valence-corrected chi connectivity index (χ1v) is 5.78. The summed E-state index contributed by atoms with van der Waals surface area (Å²) in [7, 11) is 0. The minimum absolute atomic E-state index is 0.390. The van der Waals surface area contributed by atoms with Crippen LogP contribution in [0, 0.1) is 17.2 Å². The fraction of sp³-hybridized carbons (Fsp3) is 0.462. The van der Waals surface area contributed by atoms with Crippen LogP contribution in [0.25, 0.3) is 0 Å². The van der Waals surface area contributed by atoms with Crippen molar-refractivity contribution in [1.29, 1.82) is 5.26 Å². The average molecular weight is 238 g/mol. The number of benzene rings is 1. The van der Waals surface area contributed by atoms with Gasteiger partial charge in [0.1, 0.15) is 5.60 Å². The van der Waals surface area contributed by atoms with E-state index < -0.39 is 11.5 Å². The molecule has 0 amide bonds. The minimum atomic E-state index is -1.12. The van der Waals surface area contributed by atoms with E-state index in [1.54, 1.807) is 31.2 Å². The lowest BCUT2D eigenvalue weighted by Gasteiger charge is -2.28. The van der Waals surface area contributed by atoms with Gasteiger partial charge in [0.15, 0.2) is 0 Å². The van der Waals surface area contributed by atoms with E-state index in [-0.39, 0.29) is 0 Å². The predicted molar refractivity (Wildman–Crippen MR) is 65.0 cm³/mol. The molecule has 0 aliphatic rings. The number of hydrogen-bond acceptors (Lipinski definition) is 2. The molecule has 0 radical (unpaired) electrons. The first kappa shape index (κ1) is 13.0. The Labute approximate surface area is 101 Å². The summed E-state index contributed by atoms with van der Waals surface area (Å²) in [6, 6.07) is 9.16. The van der Waals surface area contributed by atoms with Crippen molar-refractivity contribution in [3.63, 3.8) is 0 Å². The highest BCUT2D eigenvalue weighted by Gasteiger charge is 2.33. The Morgan fingerprint density at radius 2 is 2.00 bits per heavy atom. The van der Waals surface area contributed by atoms with Crippen LogP contribution in [0.2, 0.25) is 5.02 Å². The van der Waals surface area contributed by atoms with Crippen molar-refractivity contribution >= 4 is 11.6 Å². The first-order valence-electron chi connectivity index (χ1n) is 5.40. The Kier molecular flexibility index (Phi) is 4.35. The molecule has 16 heavy (non-hydrogen) atoms. The van der Waals surface area contributed by atoms with Crippen LogP contribution in [0.3, 0.4) is 0 Å². The smallest absolute Gasteiger partial charge is 0.103 e. The molecule has 0 aliphatic carbocycles. The summed E-state index contributed by atoms with van der Waals surface area (Å²) in [5, 5.41) is 20.1. The molecule has 1 aromatic rings. The fourth-order valence-corrected chi connectivity index (χ4v) is 1.87. The van der Waals surface area contributed by atoms with E-state index in [2.05, 4.69) is 6.07 Å². The summed E-state index contributed by atoms with van der Waals surface area (Å²) in [6.45, 7) is 3.68. The Balaban J connectivity index is 3.00. The number of rotatable bonds is 4. The highest BCUT2D eigenvalue weighted by atomic mass is 35.5. The quantitative estimate of drug-likeness (QED) is 0.871. The lowest BCUT2D eigenvalue weighted by molar-refractivity contribution is 0.0131. The number of hydrogen-bond donors (Lipinski definition) is 1. The van der Waals surface area contributed by atoms with Crippen molar-refractivity contribution in [2.75, 3.05) is 0 Å². The molecule has 2 unspecified atom stereocenters. The molecule has 0 aliphatic heterocycles. The minimum Gasteiger partial charge on any atom is -0.384 e. The van der Waals surface area contributed by atoms with Crippen LogP contribution in [-0.2, 0) is 5.60 Å². The number of halogens is 1. The summed E-state index contributed by atoms with van der Waals surface area (Å²) in [5.41, 5.74) is -0.382. The molecule has 3 heteroatoms. The van der Waals surface area contributed by atoms with Gasteiger partial charge in [-0.25, -0.2) is 0 Å². The fourth-order valence-electron chi connectivity index (χ4n) is 1.75. The third-order valence-electron chi connectivity index (χ3n) is 2.84. The first-order chi connectivity index (χ1) is 7.52. The van der Waals surface area contributed by atoms with E-state index in [0.717, 1.165) is 12.0 Å². The Hall–Kier alpha value is -1.04. The van der Waals surface area contributed by atoms with Crippen LogP contribution in [0.5, 0.6) is 0 Å². The normalized spacial score (nSPS) is 16.2. The number of aliphatic hydroxyl groups is 1. The molecule has 2 atom stereocenters. The van der Waals surface area contributed by atoms with Gasteiger partial charge >= 0.3 is 0 Å². The third kappa shape index (κ3) is 2.75. The largest absolute Gasteiger partial charge is 0.384 e. The summed E-state index contributed by atoms with van der Waals surface area (Å²) in [5.74, 6) is -0.390. The Morgan fingerprint density at radius 1 is 1.44 bits per heavy atom. The zero-order chi connectivity index (χ0) is 12.2. The van der Waals surface area contributed by atoms with Gasteiger partial charge in [-0.1, -0.05) is 37.1 Å². The maximum atomic E-state index is 10.4. The summed E-state index contributed by atoms with van der Waals surface area (Å²) >= 11 is 5.79. The van der Waals surface area contributed by atoms with E-state index in [0.29, 0.717) is 11.4 Å². The monoisotopic (exact) mass is 237 g/mol. The molecule has 0 bridgehead atoms. The number of nitrogens with zero attached hydrogens (tertiary/aromatic N) is 1. The molecule has 0 aromatic heterocycles. The standard InChI is InChI=1S/C13H16ClNO/c1-3-4-11(9-15)13(2,16)10-5-7-12(14)8-6-10/h5-8,11,16H,3-4H2,1-2H3. The predicted octanol–water partition coefficient (Wildman–Crippen LogP) is 3.49.